The first kappa shape index (κ1) is 39.4. The van der Waals surface area contributed by atoms with Crippen LogP contribution in [0.2, 0.25) is 0 Å². The maximum atomic E-state index is 6.27. The maximum Gasteiger partial charge on any atom is 0.119 e. The minimum atomic E-state index is -0.951. The minimum Gasteiger partial charge on any atom is -0.494 e. The van der Waals surface area contributed by atoms with E-state index in [2.05, 4.69) is 177 Å². The molecule has 0 saturated carbocycles. The van der Waals surface area contributed by atoms with Gasteiger partial charge in [-0.3, -0.25) is 0 Å². The SMILES string of the molecule is BC(c1ccccc1)c1ccccc1.CCCCCCOc1cccc(C([SiH2]c2ccccc2)(c2cccc(OCCCCCC)c2)n2ccnc2)c1. The Morgan fingerprint density at radius 1 is 0.604 bits per heavy atom. The molecule has 6 aromatic rings. The molecule has 1 aromatic heterocycles. The predicted octanol–water partition coefficient (Wildman–Crippen LogP) is 9.45. The number of benzene rings is 5. The molecule has 0 fully saturated rings. The molecular weight excluding hydrogens is 663 g/mol. The number of imidazole rings is 1. The first-order valence-electron chi connectivity index (χ1n) is 19.7. The lowest BCUT2D eigenvalue weighted by Crippen LogP contribution is -2.46. The average molecular weight is 721 g/mol. The fraction of sp³-hybridized carbons (Fsp3) is 0.298. The van der Waals surface area contributed by atoms with Gasteiger partial charge < -0.3 is 14.0 Å². The van der Waals surface area contributed by atoms with Crippen molar-refractivity contribution < 1.29 is 9.47 Å². The topological polar surface area (TPSA) is 36.3 Å². The molecule has 4 nitrogen and oxygen atoms in total. The molecule has 5 aromatic carbocycles. The van der Waals surface area contributed by atoms with Crippen LogP contribution in [0.1, 0.15) is 93.3 Å². The number of ether oxygens (including phenoxy) is 2. The van der Waals surface area contributed by atoms with E-state index < -0.39 is 9.52 Å². The number of unbranched alkanes of at least 4 members (excludes halogenated alkanes) is 6. The van der Waals surface area contributed by atoms with Gasteiger partial charge in [0.25, 0.3) is 0 Å². The van der Waals surface area contributed by atoms with E-state index in [-0.39, 0.29) is 5.16 Å². The normalized spacial score (nSPS) is 11.4. The van der Waals surface area contributed by atoms with Gasteiger partial charge in [-0.05, 0) is 65.2 Å². The van der Waals surface area contributed by atoms with Crippen LogP contribution in [0.3, 0.4) is 0 Å². The highest BCUT2D eigenvalue weighted by molar-refractivity contribution is 6.57. The maximum absolute atomic E-state index is 6.27. The Bertz CT molecular complexity index is 1760. The Morgan fingerprint density at radius 2 is 1.09 bits per heavy atom. The summed E-state index contributed by atoms with van der Waals surface area (Å²) in [6, 6.07) is 49.5. The summed E-state index contributed by atoms with van der Waals surface area (Å²) in [5.41, 5.74) is 5.20. The lowest BCUT2D eigenvalue weighted by atomic mass is 9.76. The molecule has 0 atom stereocenters. The van der Waals surface area contributed by atoms with Crippen molar-refractivity contribution in [2.75, 3.05) is 13.2 Å². The van der Waals surface area contributed by atoms with Crippen molar-refractivity contribution in [1.82, 2.24) is 9.55 Å². The van der Waals surface area contributed by atoms with Crippen molar-refractivity contribution in [3.8, 4) is 11.5 Å². The summed E-state index contributed by atoms with van der Waals surface area (Å²) >= 11 is 0. The quantitative estimate of drug-likeness (QED) is 0.0618. The zero-order valence-corrected chi connectivity index (χ0v) is 33.5. The van der Waals surface area contributed by atoms with E-state index >= 15 is 0 Å². The van der Waals surface area contributed by atoms with Crippen LogP contribution in [0.4, 0.5) is 0 Å². The van der Waals surface area contributed by atoms with Crippen LogP contribution in [-0.2, 0) is 5.16 Å². The molecule has 0 amide bonds. The van der Waals surface area contributed by atoms with Crippen LogP contribution >= 0.6 is 0 Å². The van der Waals surface area contributed by atoms with Crippen LogP contribution < -0.4 is 14.7 Å². The van der Waals surface area contributed by atoms with Crippen LogP contribution in [0.25, 0.3) is 0 Å². The molecular formula is C47H57BN2O2Si. The first-order valence-corrected chi connectivity index (χ1v) is 21.1. The van der Waals surface area contributed by atoms with Gasteiger partial charge in [-0.1, -0.05) is 173 Å². The molecule has 6 rings (SSSR count). The number of hydrogen-bond acceptors (Lipinski definition) is 3. The molecule has 0 saturated heterocycles. The Kier molecular flexibility index (Phi) is 16.1. The van der Waals surface area contributed by atoms with Crippen molar-refractivity contribution >= 4 is 22.6 Å². The van der Waals surface area contributed by atoms with Gasteiger partial charge in [0.1, 0.15) is 19.3 Å². The molecule has 0 spiro atoms. The van der Waals surface area contributed by atoms with Crippen molar-refractivity contribution in [2.45, 2.75) is 76.2 Å². The summed E-state index contributed by atoms with van der Waals surface area (Å²) in [7, 11) is 1.29. The summed E-state index contributed by atoms with van der Waals surface area (Å²) in [6.45, 7) is 5.98. The second kappa shape index (κ2) is 21.7. The number of aromatic nitrogens is 2. The lowest BCUT2D eigenvalue weighted by Gasteiger charge is -2.37. The monoisotopic (exact) mass is 720 g/mol. The van der Waals surface area contributed by atoms with Crippen molar-refractivity contribution in [2.24, 2.45) is 0 Å². The van der Waals surface area contributed by atoms with E-state index in [1.165, 1.54) is 66.0 Å². The lowest BCUT2D eigenvalue weighted by molar-refractivity contribution is 0.304. The van der Waals surface area contributed by atoms with E-state index in [1.807, 2.05) is 12.5 Å². The highest BCUT2D eigenvalue weighted by atomic mass is 28.2. The molecule has 0 aliphatic carbocycles. The minimum absolute atomic E-state index is 0.388. The predicted molar refractivity (Wildman–Crippen MR) is 228 cm³/mol. The Hall–Kier alpha value is -4.81. The summed E-state index contributed by atoms with van der Waals surface area (Å²) in [5, 5.41) is 1.00. The van der Waals surface area contributed by atoms with E-state index in [4.69, 9.17) is 9.47 Å². The van der Waals surface area contributed by atoms with Gasteiger partial charge in [0.05, 0.1) is 34.2 Å². The Balaban J connectivity index is 0.000000322. The zero-order chi connectivity index (χ0) is 37.0. The molecule has 0 radical (unpaired) electrons. The third kappa shape index (κ3) is 11.6. The van der Waals surface area contributed by atoms with E-state index in [9.17, 15) is 0 Å². The summed E-state index contributed by atoms with van der Waals surface area (Å²) in [4.78, 5) is 4.50. The highest BCUT2D eigenvalue weighted by Gasteiger charge is 2.37. The van der Waals surface area contributed by atoms with Crippen molar-refractivity contribution in [3.05, 3.63) is 181 Å². The van der Waals surface area contributed by atoms with Gasteiger partial charge in [-0.2, -0.15) is 0 Å². The summed E-state index contributed by atoms with van der Waals surface area (Å²) in [5.74, 6) is 2.34. The zero-order valence-electron chi connectivity index (χ0n) is 32.1. The molecule has 274 valence electrons. The van der Waals surface area contributed by atoms with Gasteiger partial charge >= 0.3 is 0 Å². The van der Waals surface area contributed by atoms with Gasteiger partial charge in [-0.25, -0.2) is 4.98 Å². The Morgan fingerprint density at radius 3 is 1.55 bits per heavy atom. The molecule has 53 heavy (non-hydrogen) atoms. The molecule has 0 aliphatic heterocycles. The van der Waals surface area contributed by atoms with E-state index in [0.29, 0.717) is 5.82 Å². The van der Waals surface area contributed by atoms with Crippen LogP contribution in [0.15, 0.2) is 158 Å². The van der Waals surface area contributed by atoms with Gasteiger partial charge in [-0.15, -0.1) is 0 Å². The smallest absolute Gasteiger partial charge is 0.119 e. The second-order valence-electron chi connectivity index (χ2n) is 13.9. The van der Waals surface area contributed by atoms with Gasteiger partial charge in [0, 0.05) is 12.4 Å². The number of nitrogens with zero attached hydrogens (tertiary/aromatic N) is 2. The molecule has 6 heteroatoms. The molecule has 0 unspecified atom stereocenters. The average Bonchev–Trinajstić information content (AvgIpc) is 3.77. The fourth-order valence-corrected chi connectivity index (χ4v) is 9.25. The molecule has 1 heterocycles. The van der Waals surface area contributed by atoms with Gasteiger partial charge in [0.2, 0.25) is 0 Å². The standard InChI is InChI=1S/C34H44N2O2Si.C13H13B/c1-3-5-7-12-24-37-31-18-14-16-29(26-31)34(36-23-22-35-28-36,39-33-20-10-9-11-21-33)30-17-15-19-32(27-30)38-25-13-8-6-4-2;14-13(11-7-3-1-4-8-11)12-9-5-2-6-10-12/h9-11,14-23,26-28H,3-8,12-13,24-25,39H2,1-2H3;1-10,13H,14H2. The summed E-state index contributed by atoms with van der Waals surface area (Å²) in [6.07, 6.45) is 15.5. The highest BCUT2D eigenvalue weighted by Crippen LogP contribution is 2.36. The van der Waals surface area contributed by atoms with Crippen LogP contribution in [0.5, 0.6) is 11.5 Å². The Labute approximate surface area is 321 Å². The number of rotatable bonds is 19. The summed E-state index contributed by atoms with van der Waals surface area (Å²) < 4.78 is 14.8. The fourth-order valence-electron chi connectivity index (χ4n) is 6.94. The molecule has 0 aliphatic rings. The first-order chi connectivity index (χ1) is 26.1. The van der Waals surface area contributed by atoms with E-state index in [0.717, 1.165) is 37.6 Å². The second-order valence-corrected chi connectivity index (χ2v) is 16.1. The largest absolute Gasteiger partial charge is 0.494 e. The van der Waals surface area contributed by atoms with Gasteiger partial charge in [0.15, 0.2) is 0 Å². The molecule has 0 N–H and O–H groups in total. The van der Waals surface area contributed by atoms with Crippen LogP contribution in [0, 0.1) is 0 Å². The van der Waals surface area contributed by atoms with E-state index in [1.54, 1.807) is 0 Å². The van der Waals surface area contributed by atoms with Crippen molar-refractivity contribution in [1.29, 1.82) is 0 Å². The third-order valence-electron chi connectivity index (χ3n) is 10.0. The van der Waals surface area contributed by atoms with Crippen LogP contribution in [-0.4, -0.2) is 40.1 Å². The van der Waals surface area contributed by atoms with Crippen molar-refractivity contribution in [3.63, 3.8) is 0 Å². The number of hydrogen-bond donors (Lipinski definition) is 0. The third-order valence-corrected chi connectivity index (χ3v) is 12.6. The molecule has 0 bridgehead atoms.